The number of rotatable bonds is 29. The Morgan fingerprint density at radius 2 is 0.636 bits per heavy atom. The highest BCUT2D eigenvalue weighted by Gasteiger charge is 1.97. The van der Waals surface area contributed by atoms with Gasteiger partial charge in [-0.1, -0.05) is 0 Å². The van der Waals surface area contributed by atoms with Gasteiger partial charge in [-0.2, -0.15) is 0 Å². The zero-order valence-electron chi connectivity index (χ0n) is 19.7. The van der Waals surface area contributed by atoms with Gasteiger partial charge in [0.15, 0.2) is 0 Å². The predicted molar refractivity (Wildman–Crippen MR) is 119 cm³/mol. The predicted octanol–water partition coefficient (Wildman–Crippen LogP) is -0.431. The highest BCUT2D eigenvalue weighted by atomic mass is 16.6. The Hall–Kier alpha value is -0.930. The van der Waals surface area contributed by atoms with Gasteiger partial charge < -0.3 is 53.5 Å². The summed E-state index contributed by atoms with van der Waals surface area (Å²) in [7, 11) is 0. The van der Waals surface area contributed by atoms with Crippen LogP contribution in [0.15, 0.2) is 0 Å². The summed E-state index contributed by atoms with van der Waals surface area (Å²) in [6, 6.07) is 0. The third-order valence-electron chi connectivity index (χ3n) is 3.70. The Bertz CT molecular complexity index is 391. The van der Waals surface area contributed by atoms with Gasteiger partial charge in [0.05, 0.1) is 125 Å². The van der Waals surface area contributed by atoms with Crippen molar-refractivity contribution in [2.45, 2.75) is 6.42 Å². The first-order valence-electron chi connectivity index (χ1n) is 11.4. The minimum absolute atomic E-state index is 0.00227. The number of hydrogen-bond acceptors (Lipinski definition) is 11. The van der Waals surface area contributed by atoms with E-state index in [1.165, 1.54) is 0 Å². The summed E-state index contributed by atoms with van der Waals surface area (Å²) < 4.78 is 47.9. The van der Waals surface area contributed by atoms with E-state index in [1.54, 1.807) is 0 Å². The smallest absolute Gasteiger partial charge is 0.305 e. The van der Waals surface area contributed by atoms with E-state index in [-0.39, 0.29) is 13.0 Å². The first kappa shape index (κ1) is 32.1. The third-order valence-corrected chi connectivity index (χ3v) is 3.70. The molecule has 0 aliphatic carbocycles. The maximum absolute atomic E-state index is 10.3. The van der Waals surface area contributed by atoms with Crippen molar-refractivity contribution in [1.82, 2.24) is 0 Å². The molecule has 0 saturated carbocycles. The van der Waals surface area contributed by atoms with E-state index in [1.807, 2.05) is 0 Å². The normalized spacial score (nSPS) is 11.3. The Kier molecular flexibility index (Phi) is 28.3. The highest BCUT2D eigenvalue weighted by molar-refractivity contribution is 5.66. The molecular formula is C21H43NO11. The van der Waals surface area contributed by atoms with Crippen LogP contribution in [0.3, 0.4) is 0 Å². The summed E-state index contributed by atoms with van der Waals surface area (Å²) >= 11 is 0. The topological polar surface area (TPSA) is 146 Å². The zero-order valence-corrected chi connectivity index (χ0v) is 19.7. The first-order chi connectivity index (χ1) is 16.3. The Labute approximate surface area is 196 Å². The van der Waals surface area contributed by atoms with Crippen molar-refractivity contribution in [2.75, 3.05) is 125 Å². The molecule has 0 aliphatic rings. The lowest BCUT2D eigenvalue weighted by molar-refractivity contribution is -0.138. The van der Waals surface area contributed by atoms with Crippen LogP contribution in [-0.2, 0) is 47.4 Å². The molecular weight excluding hydrogens is 442 g/mol. The number of carboxylic acid groups (broad SMARTS) is 1. The summed E-state index contributed by atoms with van der Waals surface area (Å²) in [5.41, 5.74) is 5.31. The van der Waals surface area contributed by atoms with E-state index in [9.17, 15) is 4.79 Å². The monoisotopic (exact) mass is 485 g/mol. The maximum atomic E-state index is 10.3. The standard InChI is InChI=1S/C21H43NO11/c22-2-4-26-6-8-28-10-12-30-14-16-32-18-20-33-19-17-31-15-13-29-11-9-27-7-5-25-3-1-21(23)24/h1-20,22H2,(H,23,24). The molecule has 12 heteroatoms. The molecule has 12 nitrogen and oxygen atoms in total. The lowest BCUT2D eigenvalue weighted by atomic mass is 10.5. The molecule has 0 spiro atoms. The van der Waals surface area contributed by atoms with Crippen molar-refractivity contribution in [3.05, 3.63) is 0 Å². The number of hydrogen-bond donors (Lipinski definition) is 2. The minimum Gasteiger partial charge on any atom is -0.481 e. The molecule has 0 aromatic carbocycles. The van der Waals surface area contributed by atoms with Crippen LogP contribution in [0.2, 0.25) is 0 Å². The number of aliphatic carboxylic acids is 1. The summed E-state index contributed by atoms with van der Waals surface area (Å²) in [6.45, 7) is 9.11. The van der Waals surface area contributed by atoms with Crippen LogP contribution >= 0.6 is 0 Å². The van der Waals surface area contributed by atoms with Gasteiger partial charge in [0.2, 0.25) is 0 Å². The van der Waals surface area contributed by atoms with Crippen LogP contribution in [0.1, 0.15) is 6.42 Å². The Morgan fingerprint density at radius 1 is 0.424 bits per heavy atom. The summed E-state index contributed by atoms with van der Waals surface area (Å²) in [5, 5.41) is 8.45. The molecule has 3 N–H and O–H groups in total. The fourth-order valence-electron chi connectivity index (χ4n) is 2.10. The fraction of sp³-hybridized carbons (Fsp3) is 0.952. The molecule has 0 atom stereocenters. The van der Waals surface area contributed by atoms with Gasteiger partial charge in [-0.3, -0.25) is 4.79 Å². The van der Waals surface area contributed by atoms with E-state index in [2.05, 4.69) is 0 Å². The zero-order chi connectivity index (χ0) is 24.1. The fourth-order valence-corrected chi connectivity index (χ4v) is 2.10. The molecule has 0 amide bonds. The van der Waals surface area contributed by atoms with Crippen LogP contribution in [0, 0.1) is 0 Å². The summed E-state index contributed by atoms with van der Waals surface area (Å²) in [5.74, 6) is -0.871. The Morgan fingerprint density at radius 3 is 0.848 bits per heavy atom. The van der Waals surface area contributed by atoms with E-state index < -0.39 is 5.97 Å². The second-order valence-electron chi connectivity index (χ2n) is 6.44. The largest absolute Gasteiger partial charge is 0.481 e. The Balaban J connectivity index is 3.01. The van der Waals surface area contributed by atoms with Crippen molar-refractivity contribution in [2.24, 2.45) is 5.73 Å². The lowest BCUT2D eigenvalue weighted by Crippen LogP contribution is -2.15. The summed E-state index contributed by atoms with van der Waals surface area (Å²) in [6.07, 6.45) is 0.00227. The SMILES string of the molecule is NCCOCCOCCOCCOCCOCCOCCOCCOCCOCCC(=O)O. The molecule has 0 aromatic heterocycles. The van der Waals surface area contributed by atoms with Crippen LogP contribution in [-0.4, -0.2) is 137 Å². The number of carboxylic acids is 1. The molecule has 0 aliphatic heterocycles. The van der Waals surface area contributed by atoms with Gasteiger partial charge in [0, 0.05) is 6.54 Å². The third kappa shape index (κ3) is 31.1. The van der Waals surface area contributed by atoms with E-state index in [0.29, 0.717) is 119 Å². The molecule has 0 radical (unpaired) electrons. The second-order valence-corrected chi connectivity index (χ2v) is 6.44. The molecule has 0 saturated heterocycles. The van der Waals surface area contributed by atoms with Gasteiger partial charge in [0.1, 0.15) is 0 Å². The van der Waals surface area contributed by atoms with E-state index in [4.69, 9.17) is 53.5 Å². The number of carbonyl (C=O) groups is 1. The van der Waals surface area contributed by atoms with Crippen molar-refractivity contribution in [3.63, 3.8) is 0 Å². The van der Waals surface area contributed by atoms with E-state index in [0.717, 1.165) is 0 Å². The molecule has 33 heavy (non-hydrogen) atoms. The molecule has 0 unspecified atom stereocenters. The average Bonchev–Trinajstić information content (AvgIpc) is 2.80. The van der Waals surface area contributed by atoms with Crippen molar-refractivity contribution in [3.8, 4) is 0 Å². The maximum Gasteiger partial charge on any atom is 0.305 e. The molecule has 198 valence electrons. The molecule has 0 fully saturated rings. The van der Waals surface area contributed by atoms with Gasteiger partial charge >= 0.3 is 5.97 Å². The average molecular weight is 486 g/mol. The van der Waals surface area contributed by atoms with E-state index >= 15 is 0 Å². The van der Waals surface area contributed by atoms with Crippen molar-refractivity contribution in [1.29, 1.82) is 0 Å². The number of ether oxygens (including phenoxy) is 9. The highest BCUT2D eigenvalue weighted by Crippen LogP contribution is 1.87. The first-order valence-corrected chi connectivity index (χ1v) is 11.4. The van der Waals surface area contributed by atoms with Crippen LogP contribution in [0.4, 0.5) is 0 Å². The van der Waals surface area contributed by atoms with Crippen LogP contribution < -0.4 is 5.73 Å². The van der Waals surface area contributed by atoms with Crippen molar-refractivity contribution >= 4 is 5.97 Å². The lowest BCUT2D eigenvalue weighted by Gasteiger charge is -2.08. The molecule has 0 heterocycles. The van der Waals surface area contributed by atoms with Crippen LogP contribution in [0.5, 0.6) is 0 Å². The van der Waals surface area contributed by atoms with Gasteiger partial charge in [-0.15, -0.1) is 0 Å². The minimum atomic E-state index is -0.871. The van der Waals surface area contributed by atoms with Gasteiger partial charge in [-0.25, -0.2) is 0 Å². The molecule has 0 aromatic rings. The van der Waals surface area contributed by atoms with Gasteiger partial charge in [0.25, 0.3) is 0 Å². The quantitative estimate of drug-likeness (QED) is 0.133. The molecule has 0 bridgehead atoms. The van der Waals surface area contributed by atoms with Gasteiger partial charge in [-0.05, 0) is 0 Å². The van der Waals surface area contributed by atoms with Crippen molar-refractivity contribution < 1.29 is 52.5 Å². The molecule has 0 rings (SSSR count). The number of nitrogens with two attached hydrogens (primary N) is 1. The summed E-state index contributed by atoms with van der Waals surface area (Å²) in [4.78, 5) is 10.3. The second kappa shape index (κ2) is 29.1. The van der Waals surface area contributed by atoms with Crippen LogP contribution in [0.25, 0.3) is 0 Å².